The number of rotatable bonds is 4. The monoisotopic (exact) mass is 274 g/mol. The van der Waals surface area contributed by atoms with Gasteiger partial charge in [0.25, 0.3) is 0 Å². The van der Waals surface area contributed by atoms with Gasteiger partial charge < -0.3 is 10.8 Å². The SMILES string of the molecule is NC1CC(Cc2csc(Cl)c2)CN(CCO)C1. The number of piperidine rings is 1. The number of aliphatic hydroxyl groups excluding tert-OH is 1. The van der Waals surface area contributed by atoms with E-state index in [1.807, 2.05) is 6.07 Å². The van der Waals surface area contributed by atoms with Crippen LogP contribution in [0.15, 0.2) is 11.4 Å². The lowest BCUT2D eigenvalue weighted by atomic mass is 9.90. The molecule has 0 aliphatic carbocycles. The lowest BCUT2D eigenvalue weighted by Crippen LogP contribution is -2.48. The minimum Gasteiger partial charge on any atom is -0.395 e. The summed E-state index contributed by atoms with van der Waals surface area (Å²) in [4.78, 5) is 2.26. The number of hydrogen-bond donors (Lipinski definition) is 2. The largest absolute Gasteiger partial charge is 0.395 e. The number of thiophene rings is 1. The minimum absolute atomic E-state index is 0.212. The molecule has 1 aliphatic rings. The Morgan fingerprint density at radius 2 is 2.35 bits per heavy atom. The molecule has 0 aromatic carbocycles. The average Bonchev–Trinajstić information content (AvgIpc) is 2.63. The molecule has 0 radical (unpaired) electrons. The van der Waals surface area contributed by atoms with Gasteiger partial charge in [-0.15, -0.1) is 11.3 Å². The highest BCUT2D eigenvalue weighted by atomic mass is 35.5. The quantitative estimate of drug-likeness (QED) is 0.877. The lowest BCUT2D eigenvalue weighted by molar-refractivity contribution is 0.127. The zero-order chi connectivity index (χ0) is 12.3. The number of aliphatic hydroxyl groups is 1. The third-order valence-corrected chi connectivity index (χ3v) is 4.35. The molecular formula is C12H19ClN2OS. The Bertz CT molecular complexity index is 358. The smallest absolute Gasteiger partial charge is 0.0931 e. The van der Waals surface area contributed by atoms with Crippen LogP contribution in [0.25, 0.3) is 0 Å². The average molecular weight is 275 g/mol. The lowest BCUT2D eigenvalue weighted by Gasteiger charge is -2.35. The summed E-state index contributed by atoms with van der Waals surface area (Å²) in [5, 5.41) is 11.1. The summed E-state index contributed by atoms with van der Waals surface area (Å²) in [5.41, 5.74) is 7.37. The van der Waals surface area contributed by atoms with Crippen molar-refractivity contribution in [2.75, 3.05) is 26.2 Å². The van der Waals surface area contributed by atoms with E-state index < -0.39 is 0 Å². The highest BCUT2D eigenvalue weighted by molar-refractivity contribution is 7.14. The van der Waals surface area contributed by atoms with Crippen molar-refractivity contribution in [1.29, 1.82) is 0 Å². The van der Waals surface area contributed by atoms with Crippen LogP contribution in [0.4, 0.5) is 0 Å². The summed E-state index contributed by atoms with van der Waals surface area (Å²) in [6, 6.07) is 2.28. The molecule has 1 aromatic heterocycles. The van der Waals surface area contributed by atoms with Gasteiger partial charge in [0.2, 0.25) is 0 Å². The molecule has 17 heavy (non-hydrogen) atoms. The fourth-order valence-corrected chi connectivity index (χ4v) is 3.53. The van der Waals surface area contributed by atoms with Crippen LogP contribution in [-0.4, -0.2) is 42.3 Å². The molecule has 1 aliphatic heterocycles. The Balaban J connectivity index is 1.91. The van der Waals surface area contributed by atoms with Crippen molar-refractivity contribution in [3.63, 3.8) is 0 Å². The third-order valence-electron chi connectivity index (χ3n) is 3.21. The predicted octanol–water partition coefficient (Wildman–Crippen LogP) is 1.59. The van der Waals surface area contributed by atoms with E-state index in [4.69, 9.17) is 22.4 Å². The summed E-state index contributed by atoms with van der Waals surface area (Å²) >= 11 is 7.52. The van der Waals surface area contributed by atoms with Gasteiger partial charge in [-0.1, -0.05) is 11.6 Å². The van der Waals surface area contributed by atoms with Crippen LogP contribution in [0.2, 0.25) is 4.34 Å². The van der Waals surface area contributed by atoms with Gasteiger partial charge in [-0.2, -0.15) is 0 Å². The first kappa shape index (κ1) is 13.3. The normalized spacial score (nSPS) is 26.3. The van der Waals surface area contributed by atoms with Gasteiger partial charge in [-0.3, -0.25) is 4.90 Å². The number of β-amino-alcohol motifs (C(OH)–C–C–N with tert-alkyl or cyclic N) is 1. The van der Waals surface area contributed by atoms with Gasteiger partial charge in [-0.05, 0) is 35.8 Å². The molecule has 2 unspecified atom stereocenters. The molecule has 2 atom stereocenters. The molecule has 0 saturated carbocycles. The van der Waals surface area contributed by atoms with Crippen LogP contribution >= 0.6 is 22.9 Å². The molecular weight excluding hydrogens is 256 g/mol. The van der Waals surface area contributed by atoms with Crippen molar-refractivity contribution in [2.45, 2.75) is 18.9 Å². The van der Waals surface area contributed by atoms with E-state index in [-0.39, 0.29) is 12.6 Å². The summed E-state index contributed by atoms with van der Waals surface area (Å²) in [6.45, 7) is 2.88. The highest BCUT2D eigenvalue weighted by Gasteiger charge is 2.24. The van der Waals surface area contributed by atoms with Crippen LogP contribution < -0.4 is 5.73 Å². The number of hydrogen-bond acceptors (Lipinski definition) is 4. The van der Waals surface area contributed by atoms with Gasteiger partial charge in [0.15, 0.2) is 0 Å². The molecule has 96 valence electrons. The third kappa shape index (κ3) is 3.93. The Kier molecular flexibility index (Phi) is 4.82. The van der Waals surface area contributed by atoms with Crippen LogP contribution in [0.5, 0.6) is 0 Å². The molecule has 1 saturated heterocycles. The van der Waals surface area contributed by atoms with Crippen molar-refractivity contribution < 1.29 is 5.11 Å². The van der Waals surface area contributed by atoms with Gasteiger partial charge in [0, 0.05) is 25.7 Å². The Labute approximate surface area is 111 Å². The Hall–Kier alpha value is -0.130. The molecule has 5 heteroatoms. The number of nitrogens with two attached hydrogens (primary N) is 1. The van der Waals surface area contributed by atoms with E-state index in [1.165, 1.54) is 5.56 Å². The maximum absolute atomic E-state index is 8.99. The molecule has 0 bridgehead atoms. The summed E-state index contributed by atoms with van der Waals surface area (Å²) in [6.07, 6.45) is 2.11. The number of nitrogens with zero attached hydrogens (tertiary/aromatic N) is 1. The van der Waals surface area contributed by atoms with Crippen molar-refractivity contribution in [3.8, 4) is 0 Å². The van der Waals surface area contributed by atoms with Crippen LogP contribution in [0.1, 0.15) is 12.0 Å². The second kappa shape index (κ2) is 6.16. The van der Waals surface area contributed by atoms with Gasteiger partial charge >= 0.3 is 0 Å². The van der Waals surface area contributed by atoms with E-state index in [2.05, 4.69) is 10.3 Å². The number of halogens is 1. The van der Waals surface area contributed by atoms with E-state index in [1.54, 1.807) is 11.3 Å². The molecule has 2 rings (SSSR count). The molecule has 1 aromatic rings. The van der Waals surface area contributed by atoms with Gasteiger partial charge in [0.1, 0.15) is 0 Å². The molecule has 2 heterocycles. The molecule has 0 amide bonds. The minimum atomic E-state index is 0.212. The molecule has 0 spiro atoms. The molecule has 3 N–H and O–H groups in total. The van der Waals surface area contributed by atoms with E-state index in [0.29, 0.717) is 5.92 Å². The first-order valence-corrected chi connectivity index (χ1v) is 7.25. The summed E-state index contributed by atoms with van der Waals surface area (Å²) in [5.74, 6) is 0.580. The Morgan fingerprint density at radius 1 is 1.53 bits per heavy atom. The maximum atomic E-state index is 8.99. The van der Waals surface area contributed by atoms with Crippen LogP contribution in [0, 0.1) is 5.92 Å². The number of likely N-dealkylation sites (tertiary alicyclic amines) is 1. The molecule has 1 fully saturated rings. The highest BCUT2D eigenvalue weighted by Crippen LogP contribution is 2.25. The standard InChI is InChI=1S/C12H19ClN2OS/c13-12-5-10(8-17-12)3-9-4-11(14)7-15(6-9)1-2-16/h5,8-9,11,16H,1-4,6-7,14H2. The van der Waals surface area contributed by atoms with E-state index in [0.717, 1.165) is 36.8 Å². The second-order valence-electron chi connectivity index (χ2n) is 4.81. The molecule has 3 nitrogen and oxygen atoms in total. The maximum Gasteiger partial charge on any atom is 0.0931 e. The van der Waals surface area contributed by atoms with Crippen molar-refractivity contribution in [3.05, 3.63) is 21.3 Å². The van der Waals surface area contributed by atoms with Gasteiger partial charge in [0.05, 0.1) is 10.9 Å². The Morgan fingerprint density at radius 3 is 3.00 bits per heavy atom. The summed E-state index contributed by atoms with van der Waals surface area (Å²) < 4.78 is 0.854. The van der Waals surface area contributed by atoms with Crippen LogP contribution in [-0.2, 0) is 6.42 Å². The first-order valence-electron chi connectivity index (χ1n) is 5.99. The fraction of sp³-hybridized carbons (Fsp3) is 0.667. The van der Waals surface area contributed by atoms with Crippen molar-refractivity contribution in [2.24, 2.45) is 11.7 Å². The topological polar surface area (TPSA) is 49.5 Å². The van der Waals surface area contributed by atoms with Crippen LogP contribution in [0.3, 0.4) is 0 Å². The van der Waals surface area contributed by atoms with Crippen molar-refractivity contribution in [1.82, 2.24) is 4.90 Å². The summed E-state index contributed by atoms with van der Waals surface area (Å²) in [7, 11) is 0. The fourth-order valence-electron chi connectivity index (χ4n) is 2.61. The van der Waals surface area contributed by atoms with E-state index >= 15 is 0 Å². The first-order chi connectivity index (χ1) is 8.17. The van der Waals surface area contributed by atoms with E-state index in [9.17, 15) is 0 Å². The zero-order valence-electron chi connectivity index (χ0n) is 9.81. The van der Waals surface area contributed by atoms with Gasteiger partial charge in [-0.25, -0.2) is 0 Å². The zero-order valence-corrected chi connectivity index (χ0v) is 11.4. The predicted molar refractivity (Wildman–Crippen MR) is 72.6 cm³/mol. The van der Waals surface area contributed by atoms with Crippen molar-refractivity contribution >= 4 is 22.9 Å². The second-order valence-corrected chi connectivity index (χ2v) is 6.35.